The molecule has 0 amide bonds. The lowest BCUT2D eigenvalue weighted by Gasteiger charge is -2.41. The summed E-state index contributed by atoms with van der Waals surface area (Å²) in [5, 5.41) is 3.69. The molecule has 32 heavy (non-hydrogen) atoms. The summed E-state index contributed by atoms with van der Waals surface area (Å²) in [5.74, 6) is 1.74. The molecule has 0 spiro atoms. The first-order valence-electron chi connectivity index (χ1n) is 11.5. The first kappa shape index (κ1) is 24.7. The molecule has 1 fully saturated rings. The van der Waals surface area contributed by atoms with E-state index in [2.05, 4.69) is 41.2 Å². The fraction of sp³-hybridized carbons (Fsp3) is 0.520. The molecular weight excluding hydrogens is 424 g/mol. The van der Waals surface area contributed by atoms with Crippen LogP contribution in [0.15, 0.2) is 48.5 Å². The van der Waals surface area contributed by atoms with Crippen molar-refractivity contribution >= 4 is 11.3 Å². The van der Waals surface area contributed by atoms with Crippen LogP contribution in [0.3, 0.4) is 0 Å². The highest BCUT2D eigenvalue weighted by Crippen LogP contribution is 2.40. The van der Waals surface area contributed by atoms with Gasteiger partial charge in [0.15, 0.2) is 0 Å². The van der Waals surface area contributed by atoms with Crippen LogP contribution in [0.4, 0.5) is 0 Å². The minimum atomic E-state index is -2.02. The molecule has 0 saturated heterocycles. The Morgan fingerprint density at radius 1 is 1.12 bits per heavy atom. The fourth-order valence-corrected chi connectivity index (χ4v) is 4.79. The van der Waals surface area contributed by atoms with Gasteiger partial charge in [-0.05, 0) is 67.5 Å². The molecule has 0 heterocycles. The van der Waals surface area contributed by atoms with Crippen LogP contribution in [0, 0.1) is 0 Å². The third kappa shape index (κ3) is 7.04. The third-order valence-electron chi connectivity index (χ3n) is 6.44. The molecule has 0 bridgehead atoms. The van der Waals surface area contributed by atoms with Crippen molar-refractivity contribution in [2.75, 3.05) is 20.3 Å². The standard InChI is InChI=1S/C25H36N2O4S/c1-3-4-16-31-23-10-8-20(9-11-23)18-26-22-12-14-25(15-13-22,19-27-32(28)29)21-6-5-7-24(17-21)30-2/h5-11,17,22,26-27H,3-4,12-16,18-19H2,1-2H3,(H,28,29). The van der Waals surface area contributed by atoms with Crippen molar-refractivity contribution in [1.82, 2.24) is 10.0 Å². The predicted molar refractivity (Wildman–Crippen MR) is 129 cm³/mol. The van der Waals surface area contributed by atoms with Gasteiger partial charge in [-0.1, -0.05) is 37.6 Å². The largest absolute Gasteiger partial charge is 0.497 e. The van der Waals surface area contributed by atoms with Crippen molar-refractivity contribution in [2.45, 2.75) is 63.5 Å². The molecule has 0 aromatic heterocycles. The number of hydrogen-bond donors (Lipinski definition) is 3. The molecule has 0 aliphatic heterocycles. The number of ether oxygens (including phenoxy) is 2. The number of unbranched alkanes of at least 4 members (excludes halogenated alkanes) is 1. The van der Waals surface area contributed by atoms with Crippen LogP contribution in [0.5, 0.6) is 11.5 Å². The fourth-order valence-electron chi connectivity index (χ4n) is 4.39. The molecule has 1 unspecified atom stereocenters. The maximum absolute atomic E-state index is 11.3. The van der Waals surface area contributed by atoms with Gasteiger partial charge in [0, 0.05) is 24.5 Å². The van der Waals surface area contributed by atoms with Crippen molar-refractivity contribution < 1.29 is 18.2 Å². The SMILES string of the molecule is CCCCOc1ccc(CNC2CCC(CNS(=O)O)(c3cccc(OC)c3)CC2)cc1. The molecule has 1 aliphatic rings. The van der Waals surface area contributed by atoms with Crippen LogP contribution in [-0.4, -0.2) is 35.1 Å². The average molecular weight is 461 g/mol. The van der Waals surface area contributed by atoms with E-state index in [1.807, 2.05) is 24.3 Å². The summed E-state index contributed by atoms with van der Waals surface area (Å²) in [6, 6.07) is 16.8. The molecule has 1 atom stereocenters. The van der Waals surface area contributed by atoms with Gasteiger partial charge < -0.3 is 14.8 Å². The van der Waals surface area contributed by atoms with Crippen LogP contribution in [-0.2, 0) is 23.2 Å². The first-order valence-corrected chi connectivity index (χ1v) is 12.6. The summed E-state index contributed by atoms with van der Waals surface area (Å²) < 4.78 is 34.5. The average Bonchev–Trinajstić information content (AvgIpc) is 2.83. The second-order valence-corrected chi connectivity index (χ2v) is 9.37. The lowest BCUT2D eigenvalue weighted by Crippen LogP contribution is -2.45. The van der Waals surface area contributed by atoms with E-state index in [1.165, 1.54) is 5.56 Å². The molecule has 2 aromatic rings. The van der Waals surface area contributed by atoms with Crippen molar-refractivity contribution in [2.24, 2.45) is 0 Å². The number of hydrogen-bond acceptors (Lipinski definition) is 4. The molecule has 6 nitrogen and oxygen atoms in total. The summed E-state index contributed by atoms with van der Waals surface area (Å²) in [6.45, 7) is 4.22. The van der Waals surface area contributed by atoms with Gasteiger partial charge in [0.05, 0.1) is 13.7 Å². The van der Waals surface area contributed by atoms with E-state index >= 15 is 0 Å². The molecule has 3 N–H and O–H groups in total. The Labute approximate surface area is 194 Å². The zero-order valence-electron chi connectivity index (χ0n) is 19.1. The second-order valence-electron chi connectivity index (χ2n) is 8.58. The van der Waals surface area contributed by atoms with Gasteiger partial charge >= 0.3 is 0 Å². The minimum absolute atomic E-state index is 0.178. The van der Waals surface area contributed by atoms with Crippen molar-refractivity contribution in [1.29, 1.82) is 0 Å². The van der Waals surface area contributed by atoms with E-state index in [0.717, 1.165) is 68.7 Å². The van der Waals surface area contributed by atoms with E-state index in [1.54, 1.807) is 7.11 Å². The number of benzene rings is 2. The van der Waals surface area contributed by atoms with Crippen LogP contribution < -0.4 is 19.5 Å². The molecule has 1 saturated carbocycles. The first-order chi connectivity index (χ1) is 15.5. The molecule has 176 valence electrons. The van der Waals surface area contributed by atoms with Crippen LogP contribution in [0.25, 0.3) is 0 Å². The highest BCUT2D eigenvalue weighted by Gasteiger charge is 2.37. The quantitative estimate of drug-likeness (QED) is 0.319. The van der Waals surface area contributed by atoms with Gasteiger partial charge in [-0.3, -0.25) is 4.55 Å². The van der Waals surface area contributed by atoms with Crippen molar-refractivity contribution in [3.63, 3.8) is 0 Å². The van der Waals surface area contributed by atoms with E-state index in [4.69, 9.17) is 9.47 Å². The summed E-state index contributed by atoms with van der Waals surface area (Å²) in [6.07, 6.45) is 6.10. The topological polar surface area (TPSA) is 79.8 Å². The number of rotatable bonds is 12. The van der Waals surface area contributed by atoms with Crippen molar-refractivity contribution in [3.8, 4) is 11.5 Å². The lowest BCUT2D eigenvalue weighted by atomic mass is 9.68. The van der Waals surface area contributed by atoms with E-state index < -0.39 is 11.3 Å². The zero-order valence-corrected chi connectivity index (χ0v) is 20.0. The molecule has 7 heteroatoms. The Bertz CT molecular complexity index is 851. The zero-order chi connectivity index (χ0) is 22.8. The monoisotopic (exact) mass is 460 g/mol. The summed E-state index contributed by atoms with van der Waals surface area (Å²) in [4.78, 5) is 0. The van der Waals surface area contributed by atoms with Crippen LogP contribution >= 0.6 is 0 Å². The molecule has 1 aliphatic carbocycles. The van der Waals surface area contributed by atoms with Crippen molar-refractivity contribution in [3.05, 3.63) is 59.7 Å². The molecule has 2 aromatic carbocycles. The lowest BCUT2D eigenvalue weighted by molar-refractivity contribution is 0.245. The minimum Gasteiger partial charge on any atom is -0.497 e. The Kier molecular flexibility index (Phi) is 9.53. The second kappa shape index (κ2) is 12.3. The number of nitrogens with one attached hydrogen (secondary N) is 2. The normalized spacial score (nSPS) is 21.8. The van der Waals surface area contributed by atoms with Gasteiger partial charge in [-0.25, -0.2) is 8.93 Å². The Morgan fingerprint density at radius 3 is 2.53 bits per heavy atom. The van der Waals surface area contributed by atoms with Gasteiger partial charge in [0.2, 0.25) is 11.3 Å². The van der Waals surface area contributed by atoms with E-state index in [9.17, 15) is 8.76 Å². The van der Waals surface area contributed by atoms with E-state index in [-0.39, 0.29) is 5.41 Å². The smallest absolute Gasteiger partial charge is 0.231 e. The van der Waals surface area contributed by atoms with Crippen LogP contribution in [0.2, 0.25) is 0 Å². The maximum atomic E-state index is 11.3. The van der Waals surface area contributed by atoms with Crippen LogP contribution in [0.1, 0.15) is 56.6 Å². The summed E-state index contributed by atoms with van der Waals surface area (Å²) >= 11 is -2.02. The summed E-state index contributed by atoms with van der Waals surface area (Å²) in [5.41, 5.74) is 2.23. The van der Waals surface area contributed by atoms with E-state index in [0.29, 0.717) is 12.6 Å². The van der Waals surface area contributed by atoms with Gasteiger partial charge in [-0.2, -0.15) is 0 Å². The predicted octanol–water partition coefficient (Wildman–Crippen LogP) is 4.57. The highest BCUT2D eigenvalue weighted by atomic mass is 32.2. The summed E-state index contributed by atoms with van der Waals surface area (Å²) in [7, 11) is 1.66. The molecular formula is C25H36N2O4S. The van der Waals surface area contributed by atoms with Gasteiger partial charge in [-0.15, -0.1) is 0 Å². The number of methoxy groups -OCH3 is 1. The Hall–Kier alpha value is -1.93. The maximum Gasteiger partial charge on any atom is 0.231 e. The molecule has 3 rings (SSSR count). The Balaban J connectivity index is 1.56. The molecule has 0 radical (unpaired) electrons. The Morgan fingerprint density at radius 2 is 1.88 bits per heavy atom. The third-order valence-corrected chi connectivity index (χ3v) is 6.83. The highest BCUT2D eigenvalue weighted by molar-refractivity contribution is 7.77. The van der Waals surface area contributed by atoms with Gasteiger partial charge in [0.25, 0.3) is 0 Å². The van der Waals surface area contributed by atoms with Gasteiger partial charge in [0.1, 0.15) is 11.5 Å².